The van der Waals surface area contributed by atoms with Crippen molar-refractivity contribution in [2.45, 2.75) is 5.41 Å². The molecule has 0 saturated heterocycles. The monoisotopic (exact) mass is 521 g/mol. The van der Waals surface area contributed by atoms with Crippen LogP contribution >= 0.6 is 0 Å². The van der Waals surface area contributed by atoms with Crippen molar-refractivity contribution in [3.8, 4) is 28.8 Å². The fourth-order valence-corrected chi connectivity index (χ4v) is 5.80. The highest BCUT2D eigenvalue weighted by molar-refractivity contribution is 6.17. The molecule has 2 N–H and O–H groups in total. The van der Waals surface area contributed by atoms with Gasteiger partial charge in [0.05, 0.1) is 35.8 Å². The van der Waals surface area contributed by atoms with Gasteiger partial charge in [0, 0.05) is 22.4 Å². The Morgan fingerprint density at radius 2 is 1.50 bits per heavy atom. The zero-order valence-corrected chi connectivity index (χ0v) is 21.6. The predicted octanol–water partition coefficient (Wildman–Crippen LogP) is 6.15. The molecule has 40 heavy (non-hydrogen) atoms. The zero-order chi connectivity index (χ0) is 27.3. The molecular formula is C33H23N5O2. The molecule has 5 aromatic rings. The largest absolute Gasteiger partial charge is 0.497 e. The average Bonchev–Trinajstić information content (AvgIpc) is 3.54. The minimum Gasteiger partial charge on any atom is -0.497 e. The van der Waals surface area contributed by atoms with Crippen LogP contribution in [0.15, 0.2) is 115 Å². The maximum Gasteiger partial charge on any atom is 0.245 e. The molecule has 3 heterocycles. The molecule has 1 amide bonds. The van der Waals surface area contributed by atoms with Gasteiger partial charge >= 0.3 is 0 Å². The van der Waals surface area contributed by atoms with Crippen molar-refractivity contribution >= 4 is 23.1 Å². The molecule has 1 atom stereocenters. The second-order valence-corrected chi connectivity index (χ2v) is 9.65. The first-order valence-electron chi connectivity index (χ1n) is 12.9. The first kappa shape index (κ1) is 23.5. The molecule has 1 unspecified atom stereocenters. The number of hydrogen-bond donors (Lipinski definition) is 2. The van der Waals surface area contributed by atoms with E-state index in [0.29, 0.717) is 45.3 Å². The van der Waals surface area contributed by atoms with E-state index in [2.05, 4.69) is 16.7 Å². The van der Waals surface area contributed by atoms with Crippen LogP contribution in [0.1, 0.15) is 16.7 Å². The molecule has 2 aliphatic heterocycles. The Bertz CT molecular complexity index is 1850. The third kappa shape index (κ3) is 3.23. The van der Waals surface area contributed by atoms with Crippen LogP contribution in [-0.2, 0) is 10.2 Å². The van der Waals surface area contributed by atoms with Crippen molar-refractivity contribution in [2.75, 3.05) is 17.7 Å². The number of carbonyl (C=O) groups excluding carboxylic acids is 1. The summed E-state index contributed by atoms with van der Waals surface area (Å²) < 4.78 is 7.41. The summed E-state index contributed by atoms with van der Waals surface area (Å²) in [5.74, 6) is 0.895. The van der Waals surface area contributed by atoms with Crippen LogP contribution in [0.4, 0.5) is 11.5 Å². The number of aromatic nitrogens is 2. The smallest absolute Gasteiger partial charge is 0.245 e. The van der Waals surface area contributed by atoms with E-state index >= 15 is 0 Å². The zero-order valence-electron chi connectivity index (χ0n) is 21.6. The number of fused-ring (bicyclic) bond motifs is 4. The Hall–Kier alpha value is -5.61. The van der Waals surface area contributed by atoms with Crippen molar-refractivity contribution in [1.29, 1.82) is 5.26 Å². The number of benzene rings is 4. The van der Waals surface area contributed by atoms with Gasteiger partial charge in [-0.05, 0) is 35.9 Å². The molecular weight excluding hydrogens is 498 g/mol. The molecule has 4 aromatic carbocycles. The predicted molar refractivity (Wildman–Crippen MR) is 154 cm³/mol. The van der Waals surface area contributed by atoms with Crippen LogP contribution in [0.2, 0.25) is 0 Å². The highest BCUT2D eigenvalue weighted by Gasteiger charge is 2.58. The number of ether oxygens (including phenoxy) is 1. The Morgan fingerprint density at radius 3 is 2.15 bits per heavy atom. The number of anilines is 2. The number of carbonyl (C=O) groups is 1. The Balaban J connectivity index is 1.67. The summed E-state index contributed by atoms with van der Waals surface area (Å²) in [5.41, 5.74) is 4.30. The lowest BCUT2D eigenvalue weighted by molar-refractivity contribution is -0.118. The van der Waals surface area contributed by atoms with Crippen LogP contribution in [0.3, 0.4) is 0 Å². The van der Waals surface area contributed by atoms with E-state index in [1.54, 1.807) is 13.2 Å². The topological polar surface area (TPSA) is 92.0 Å². The van der Waals surface area contributed by atoms with Crippen molar-refractivity contribution in [3.63, 3.8) is 0 Å². The normalized spacial score (nSPS) is 17.1. The lowest BCUT2D eigenvalue weighted by atomic mass is 9.66. The van der Waals surface area contributed by atoms with E-state index in [1.807, 2.05) is 108 Å². The van der Waals surface area contributed by atoms with Gasteiger partial charge in [-0.3, -0.25) is 4.79 Å². The molecule has 192 valence electrons. The number of methoxy groups -OCH3 is 1. The number of para-hydroxylation sites is 1. The molecule has 0 fully saturated rings. The number of rotatable bonds is 4. The van der Waals surface area contributed by atoms with Gasteiger partial charge in [0.1, 0.15) is 17.0 Å². The SMILES string of the molecule is COc1ccc2c(c1)C1(C(=O)N2)C(C#N)=C(c2ccccc2)Nc2c1c(-c1ccccc1)nn2-c1ccccc1. The van der Waals surface area contributed by atoms with Gasteiger partial charge < -0.3 is 15.4 Å². The number of nitrogens with one attached hydrogen (secondary N) is 2. The molecule has 2 aliphatic rings. The van der Waals surface area contributed by atoms with Crippen LogP contribution in [0.5, 0.6) is 5.75 Å². The fourth-order valence-electron chi connectivity index (χ4n) is 5.80. The van der Waals surface area contributed by atoms with E-state index in [-0.39, 0.29) is 5.91 Å². The quantitative estimate of drug-likeness (QED) is 0.296. The summed E-state index contributed by atoms with van der Waals surface area (Å²) in [5, 5.41) is 22.6. The van der Waals surface area contributed by atoms with Crippen LogP contribution in [-0.4, -0.2) is 22.8 Å². The minimum absolute atomic E-state index is 0.292. The van der Waals surface area contributed by atoms with Gasteiger partial charge in [-0.2, -0.15) is 10.4 Å². The fraction of sp³-hybridized carbons (Fsp3) is 0.0606. The molecule has 7 nitrogen and oxygen atoms in total. The molecule has 0 aliphatic carbocycles. The van der Waals surface area contributed by atoms with Gasteiger partial charge in [0.15, 0.2) is 0 Å². The van der Waals surface area contributed by atoms with Gasteiger partial charge in [-0.1, -0.05) is 78.9 Å². The first-order valence-corrected chi connectivity index (χ1v) is 12.9. The second-order valence-electron chi connectivity index (χ2n) is 9.65. The summed E-state index contributed by atoms with van der Waals surface area (Å²) in [6, 6.07) is 37.0. The lowest BCUT2D eigenvalue weighted by Gasteiger charge is -2.35. The summed E-state index contributed by atoms with van der Waals surface area (Å²) in [6.07, 6.45) is 0. The van der Waals surface area contributed by atoms with Crippen LogP contribution in [0, 0.1) is 11.3 Å². The van der Waals surface area contributed by atoms with E-state index in [0.717, 1.165) is 16.8 Å². The van der Waals surface area contributed by atoms with Crippen LogP contribution < -0.4 is 15.4 Å². The molecule has 1 spiro atoms. The third-order valence-corrected chi connectivity index (χ3v) is 7.57. The van der Waals surface area contributed by atoms with Crippen molar-refractivity contribution in [3.05, 3.63) is 131 Å². The van der Waals surface area contributed by atoms with E-state index in [9.17, 15) is 10.1 Å². The minimum atomic E-state index is -1.48. The Morgan fingerprint density at radius 1 is 0.850 bits per heavy atom. The van der Waals surface area contributed by atoms with Gasteiger partial charge in [-0.25, -0.2) is 4.68 Å². The molecule has 0 radical (unpaired) electrons. The molecule has 0 saturated carbocycles. The maximum absolute atomic E-state index is 14.4. The van der Waals surface area contributed by atoms with Crippen LogP contribution in [0.25, 0.3) is 22.6 Å². The summed E-state index contributed by atoms with van der Waals surface area (Å²) in [6.45, 7) is 0. The highest BCUT2D eigenvalue weighted by atomic mass is 16.5. The standard InChI is InChI=1S/C33H23N5O2/c1-40-24-17-18-27-25(19-24)33(32(39)35-27)26(20-34)29(21-11-5-2-6-12-21)36-31-28(33)30(22-13-7-3-8-14-22)37-38(31)23-15-9-4-10-16-23/h2-19,36H,1H3,(H,35,39). The lowest BCUT2D eigenvalue weighted by Crippen LogP contribution is -2.41. The number of amides is 1. The molecule has 7 heteroatoms. The molecule has 1 aromatic heterocycles. The Labute approximate surface area is 231 Å². The third-order valence-electron chi connectivity index (χ3n) is 7.57. The number of nitriles is 1. The Kier molecular flexibility index (Phi) is 5.29. The average molecular weight is 522 g/mol. The first-order chi connectivity index (χ1) is 19.7. The van der Waals surface area contributed by atoms with Gasteiger partial charge in [0.2, 0.25) is 5.91 Å². The van der Waals surface area contributed by atoms with Crippen molar-refractivity contribution in [1.82, 2.24) is 9.78 Å². The summed E-state index contributed by atoms with van der Waals surface area (Å²) in [7, 11) is 1.59. The molecule has 7 rings (SSSR count). The second kappa shape index (κ2) is 9.00. The van der Waals surface area contributed by atoms with E-state index < -0.39 is 5.41 Å². The van der Waals surface area contributed by atoms with E-state index in [4.69, 9.17) is 9.84 Å². The van der Waals surface area contributed by atoms with Gasteiger partial charge in [-0.15, -0.1) is 0 Å². The maximum atomic E-state index is 14.4. The van der Waals surface area contributed by atoms with Crippen molar-refractivity contribution < 1.29 is 9.53 Å². The van der Waals surface area contributed by atoms with Gasteiger partial charge in [0.25, 0.3) is 0 Å². The highest BCUT2D eigenvalue weighted by Crippen LogP contribution is 2.57. The number of hydrogen-bond acceptors (Lipinski definition) is 5. The summed E-state index contributed by atoms with van der Waals surface area (Å²) in [4.78, 5) is 14.4. The molecule has 0 bridgehead atoms. The van der Waals surface area contributed by atoms with Crippen molar-refractivity contribution in [2.24, 2.45) is 0 Å². The number of nitrogens with zero attached hydrogens (tertiary/aromatic N) is 3. The van der Waals surface area contributed by atoms with E-state index in [1.165, 1.54) is 0 Å². The summed E-state index contributed by atoms with van der Waals surface area (Å²) >= 11 is 0.